The fraction of sp³-hybridized carbons (Fsp3) is 0.458. The molecule has 5 heteroatoms. The molecule has 0 fully saturated rings. The Balaban J connectivity index is 1.80. The maximum atomic E-state index is 13.0. The number of ketones is 1. The van der Waals surface area contributed by atoms with E-state index in [1.165, 1.54) is 0 Å². The molecule has 2 unspecified atom stereocenters. The van der Waals surface area contributed by atoms with E-state index < -0.39 is 7.80 Å². The monoisotopic (exact) mass is 416 g/mol. The van der Waals surface area contributed by atoms with Crippen molar-refractivity contribution >= 4 is 13.6 Å². The number of para-hydroxylation sites is 1. The van der Waals surface area contributed by atoms with Crippen LogP contribution >= 0.6 is 7.80 Å². The third kappa shape index (κ3) is 7.04. The molecule has 0 amide bonds. The molecule has 29 heavy (non-hydrogen) atoms. The van der Waals surface area contributed by atoms with Gasteiger partial charge >= 0.3 is 0 Å². The lowest BCUT2D eigenvalue weighted by atomic mass is 9.90. The molecule has 0 N–H and O–H groups in total. The van der Waals surface area contributed by atoms with Gasteiger partial charge in [0.2, 0.25) is 0 Å². The van der Waals surface area contributed by atoms with E-state index in [1.807, 2.05) is 49.4 Å². The van der Waals surface area contributed by atoms with Gasteiger partial charge in [-0.05, 0) is 43.1 Å². The summed E-state index contributed by atoms with van der Waals surface area (Å²) in [4.78, 5) is 13.0. The van der Waals surface area contributed by atoms with E-state index in [1.54, 1.807) is 20.3 Å². The minimum absolute atomic E-state index is 0.0302. The van der Waals surface area contributed by atoms with Gasteiger partial charge in [-0.1, -0.05) is 56.2 Å². The number of carbonyl (C=O) groups excluding carboxylic acids is 1. The molecule has 0 bridgehead atoms. The minimum atomic E-state index is -1.57. The Morgan fingerprint density at radius 2 is 1.72 bits per heavy atom. The van der Waals surface area contributed by atoms with Gasteiger partial charge in [-0.3, -0.25) is 4.79 Å². The summed E-state index contributed by atoms with van der Waals surface area (Å²) in [6.07, 6.45) is 6.04. The van der Waals surface area contributed by atoms with Gasteiger partial charge < -0.3 is 14.0 Å². The number of hydrogen-bond acceptors (Lipinski definition) is 4. The fourth-order valence-electron chi connectivity index (χ4n) is 3.62. The lowest BCUT2D eigenvalue weighted by Gasteiger charge is -2.17. The summed E-state index contributed by atoms with van der Waals surface area (Å²) < 4.78 is 23.0. The zero-order valence-electron chi connectivity index (χ0n) is 17.8. The molecule has 158 valence electrons. The van der Waals surface area contributed by atoms with E-state index in [4.69, 9.17) is 9.47 Å². The molecule has 0 radical (unpaired) electrons. The SMILES string of the molecule is CCC(CCCCC[PH](=O)Cc1ccccc1)C(=O)c1cccc(OC)c1OC. The average Bonchev–Trinajstić information content (AvgIpc) is 2.75. The van der Waals surface area contributed by atoms with Crippen molar-refractivity contribution in [1.82, 2.24) is 0 Å². The van der Waals surface area contributed by atoms with Gasteiger partial charge in [-0.25, -0.2) is 0 Å². The third-order valence-electron chi connectivity index (χ3n) is 5.28. The predicted octanol–water partition coefficient (Wildman–Crippen LogP) is 6.23. The topological polar surface area (TPSA) is 52.6 Å². The van der Waals surface area contributed by atoms with Crippen molar-refractivity contribution < 1.29 is 18.8 Å². The largest absolute Gasteiger partial charge is 0.493 e. The molecule has 2 rings (SSSR count). The fourth-order valence-corrected chi connectivity index (χ4v) is 5.14. The van der Waals surface area contributed by atoms with Crippen molar-refractivity contribution in [1.29, 1.82) is 0 Å². The number of Topliss-reactive ketones (excluding diaryl/α,β-unsaturated/α-hetero) is 1. The van der Waals surface area contributed by atoms with Gasteiger partial charge in [-0.15, -0.1) is 0 Å². The van der Waals surface area contributed by atoms with E-state index in [2.05, 4.69) is 0 Å². The van der Waals surface area contributed by atoms with Crippen LogP contribution in [0.5, 0.6) is 11.5 Å². The van der Waals surface area contributed by atoms with E-state index in [0.29, 0.717) is 23.2 Å². The van der Waals surface area contributed by atoms with Crippen molar-refractivity contribution in [2.24, 2.45) is 5.92 Å². The summed E-state index contributed by atoms with van der Waals surface area (Å²) in [6.45, 7) is 2.05. The Morgan fingerprint density at radius 3 is 2.38 bits per heavy atom. The maximum Gasteiger partial charge on any atom is 0.171 e. The summed E-state index contributed by atoms with van der Waals surface area (Å²) in [7, 11) is 1.57. The van der Waals surface area contributed by atoms with Gasteiger partial charge in [0.1, 0.15) is 0 Å². The zero-order chi connectivity index (χ0) is 21.1. The van der Waals surface area contributed by atoms with Gasteiger partial charge in [0.05, 0.1) is 27.6 Å². The highest BCUT2D eigenvalue weighted by atomic mass is 31.1. The van der Waals surface area contributed by atoms with Crippen LogP contribution < -0.4 is 9.47 Å². The molecule has 0 aliphatic carbocycles. The van der Waals surface area contributed by atoms with Crippen LogP contribution in [0.3, 0.4) is 0 Å². The molecule has 2 aromatic carbocycles. The summed E-state index contributed by atoms with van der Waals surface area (Å²) in [6, 6.07) is 15.5. The van der Waals surface area contributed by atoms with E-state index >= 15 is 0 Å². The number of rotatable bonds is 13. The number of unbranched alkanes of at least 4 members (excludes halogenated alkanes) is 2. The van der Waals surface area contributed by atoms with Crippen LogP contribution in [0.2, 0.25) is 0 Å². The number of methoxy groups -OCH3 is 2. The molecular formula is C24H33O4P. The highest BCUT2D eigenvalue weighted by molar-refractivity contribution is 7.43. The van der Waals surface area contributed by atoms with Crippen LogP contribution in [0.1, 0.15) is 54.9 Å². The number of hydrogen-bond donors (Lipinski definition) is 0. The lowest BCUT2D eigenvalue weighted by Crippen LogP contribution is -2.15. The Morgan fingerprint density at radius 1 is 0.966 bits per heavy atom. The standard InChI is InChI=1S/C24H33O4P/c1-4-20(23(25)21-15-11-16-22(27-2)24(21)28-3)14-9-6-10-17-29(26)18-19-12-7-5-8-13-19/h5,7-8,11-13,15-16,20,29H,4,6,9-10,14,17-18H2,1-3H3. The van der Waals surface area contributed by atoms with E-state index in [0.717, 1.165) is 43.8 Å². The highest BCUT2D eigenvalue weighted by Gasteiger charge is 2.23. The summed E-state index contributed by atoms with van der Waals surface area (Å²) in [5, 5.41) is 0. The van der Waals surface area contributed by atoms with Crippen LogP contribution in [0.25, 0.3) is 0 Å². The molecule has 2 atom stereocenters. The molecule has 2 aromatic rings. The molecule has 0 saturated heterocycles. The average molecular weight is 416 g/mol. The van der Waals surface area contributed by atoms with Crippen molar-refractivity contribution in [3.63, 3.8) is 0 Å². The Hall–Kier alpha value is -2.06. The van der Waals surface area contributed by atoms with E-state index in [9.17, 15) is 9.36 Å². The molecule has 0 spiro atoms. The number of benzene rings is 2. The van der Waals surface area contributed by atoms with Crippen LogP contribution in [-0.4, -0.2) is 26.2 Å². The van der Waals surface area contributed by atoms with Gasteiger partial charge in [-0.2, -0.15) is 0 Å². The predicted molar refractivity (Wildman–Crippen MR) is 120 cm³/mol. The second kappa shape index (κ2) is 12.5. The first-order chi connectivity index (χ1) is 14.1. The third-order valence-corrected chi connectivity index (χ3v) is 7.00. The minimum Gasteiger partial charge on any atom is -0.493 e. The first-order valence-corrected chi connectivity index (χ1v) is 12.2. The van der Waals surface area contributed by atoms with Gasteiger partial charge in [0.15, 0.2) is 17.3 Å². The highest BCUT2D eigenvalue weighted by Crippen LogP contribution is 2.34. The maximum absolute atomic E-state index is 13.0. The zero-order valence-corrected chi connectivity index (χ0v) is 18.8. The molecule has 0 saturated carbocycles. The second-order valence-electron chi connectivity index (χ2n) is 7.31. The normalized spacial score (nSPS) is 12.9. The Kier molecular flexibility index (Phi) is 10.0. The number of ether oxygens (including phenoxy) is 2. The Labute approximate surface area is 175 Å². The van der Waals surface area contributed by atoms with Crippen molar-refractivity contribution in [2.75, 3.05) is 20.4 Å². The second-order valence-corrected chi connectivity index (χ2v) is 9.24. The summed E-state index contributed by atoms with van der Waals surface area (Å²) in [5.74, 6) is 1.17. The molecule has 4 nitrogen and oxygen atoms in total. The van der Waals surface area contributed by atoms with Crippen molar-refractivity contribution in [3.8, 4) is 11.5 Å². The first kappa shape index (κ1) is 23.2. The Bertz CT molecular complexity index is 789. The smallest absolute Gasteiger partial charge is 0.171 e. The van der Waals surface area contributed by atoms with Crippen LogP contribution in [0.4, 0.5) is 0 Å². The molecule has 0 aliphatic heterocycles. The number of carbonyl (C=O) groups is 1. The molecule has 0 aliphatic rings. The summed E-state index contributed by atoms with van der Waals surface area (Å²) >= 11 is 0. The summed E-state index contributed by atoms with van der Waals surface area (Å²) in [5.41, 5.74) is 1.74. The first-order valence-electron chi connectivity index (χ1n) is 10.4. The van der Waals surface area contributed by atoms with Crippen LogP contribution in [0, 0.1) is 5.92 Å². The van der Waals surface area contributed by atoms with Crippen molar-refractivity contribution in [3.05, 3.63) is 59.7 Å². The van der Waals surface area contributed by atoms with E-state index in [-0.39, 0.29) is 11.7 Å². The quantitative estimate of drug-likeness (QED) is 0.221. The molecule has 0 heterocycles. The van der Waals surface area contributed by atoms with Crippen LogP contribution in [0.15, 0.2) is 48.5 Å². The van der Waals surface area contributed by atoms with Crippen molar-refractivity contribution in [2.45, 2.75) is 45.2 Å². The van der Waals surface area contributed by atoms with Crippen LogP contribution in [-0.2, 0) is 10.7 Å². The van der Waals surface area contributed by atoms with Gasteiger partial charge in [0, 0.05) is 12.1 Å². The van der Waals surface area contributed by atoms with Gasteiger partial charge in [0.25, 0.3) is 0 Å². The lowest BCUT2D eigenvalue weighted by molar-refractivity contribution is 0.0904. The molecule has 0 aromatic heterocycles. The molecular weight excluding hydrogens is 383 g/mol.